The Balaban J connectivity index is 2.28. The van der Waals surface area contributed by atoms with Crippen LogP contribution < -0.4 is 5.32 Å². The van der Waals surface area contributed by atoms with Crippen molar-refractivity contribution in [3.05, 3.63) is 41.6 Å². The smallest absolute Gasteiger partial charge is 0.161 e. The SMILES string of the molecule is CCO[C@@H](C)c1ccc(-c2nc(C)cc(NC)n2)cc1. The molecule has 1 aromatic carbocycles. The second kappa shape index (κ2) is 6.48. The van der Waals surface area contributed by atoms with Gasteiger partial charge < -0.3 is 10.1 Å². The van der Waals surface area contributed by atoms with E-state index in [9.17, 15) is 0 Å². The predicted octanol–water partition coefficient (Wildman–Crippen LogP) is 3.59. The molecule has 2 aromatic rings. The third-order valence-corrected chi connectivity index (χ3v) is 3.17. The summed E-state index contributed by atoms with van der Waals surface area (Å²) in [6.45, 7) is 6.75. The molecule has 0 aliphatic carbocycles. The van der Waals surface area contributed by atoms with Gasteiger partial charge in [-0.15, -0.1) is 0 Å². The van der Waals surface area contributed by atoms with Crippen LogP contribution in [0.25, 0.3) is 11.4 Å². The highest BCUT2D eigenvalue weighted by molar-refractivity contribution is 5.58. The molecule has 1 N–H and O–H groups in total. The summed E-state index contributed by atoms with van der Waals surface area (Å²) in [6, 6.07) is 10.1. The van der Waals surface area contributed by atoms with E-state index >= 15 is 0 Å². The Hall–Kier alpha value is -1.94. The van der Waals surface area contributed by atoms with Gasteiger partial charge in [-0.05, 0) is 26.3 Å². The van der Waals surface area contributed by atoms with E-state index in [1.54, 1.807) is 0 Å². The van der Waals surface area contributed by atoms with Gasteiger partial charge in [-0.2, -0.15) is 0 Å². The molecule has 0 spiro atoms. The summed E-state index contributed by atoms with van der Waals surface area (Å²) in [4.78, 5) is 8.96. The van der Waals surface area contributed by atoms with Gasteiger partial charge in [0.25, 0.3) is 0 Å². The van der Waals surface area contributed by atoms with E-state index in [0.29, 0.717) is 0 Å². The molecule has 0 unspecified atom stereocenters. The fraction of sp³-hybridized carbons (Fsp3) is 0.375. The maximum Gasteiger partial charge on any atom is 0.161 e. The highest BCUT2D eigenvalue weighted by Crippen LogP contribution is 2.22. The molecule has 0 bridgehead atoms. The molecule has 4 heteroatoms. The number of nitrogens with zero attached hydrogens (tertiary/aromatic N) is 2. The van der Waals surface area contributed by atoms with E-state index in [1.165, 1.54) is 0 Å². The van der Waals surface area contributed by atoms with Crippen molar-refractivity contribution in [3.63, 3.8) is 0 Å². The van der Waals surface area contributed by atoms with Crippen LogP contribution in [0.1, 0.15) is 31.2 Å². The number of rotatable bonds is 5. The molecular weight excluding hydrogens is 250 g/mol. The third kappa shape index (κ3) is 3.33. The molecule has 0 aliphatic rings. The number of hydrogen-bond donors (Lipinski definition) is 1. The fourth-order valence-corrected chi connectivity index (χ4v) is 2.08. The largest absolute Gasteiger partial charge is 0.374 e. The summed E-state index contributed by atoms with van der Waals surface area (Å²) in [7, 11) is 1.86. The van der Waals surface area contributed by atoms with Crippen LogP contribution in [0.4, 0.5) is 5.82 Å². The van der Waals surface area contributed by atoms with Crippen LogP contribution >= 0.6 is 0 Å². The lowest BCUT2D eigenvalue weighted by Crippen LogP contribution is -2.00. The Bertz CT molecular complexity index is 566. The van der Waals surface area contributed by atoms with E-state index < -0.39 is 0 Å². The number of hydrogen-bond acceptors (Lipinski definition) is 4. The van der Waals surface area contributed by atoms with E-state index in [-0.39, 0.29) is 6.10 Å². The molecule has 2 rings (SSSR count). The van der Waals surface area contributed by atoms with Crippen LogP contribution in [0.5, 0.6) is 0 Å². The third-order valence-electron chi connectivity index (χ3n) is 3.17. The van der Waals surface area contributed by atoms with E-state index in [1.807, 2.05) is 39.1 Å². The first-order valence-electron chi connectivity index (χ1n) is 6.89. The van der Waals surface area contributed by atoms with E-state index in [0.717, 1.165) is 35.1 Å². The van der Waals surface area contributed by atoms with Gasteiger partial charge in [0.2, 0.25) is 0 Å². The highest BCUT2D eigenvalue weighted by Gasteiger charge is 2.07. The summed E-state index contributed by atoms with van der Waals surface area (Å²) in [5, 5.41) is 3.05. The van der Waals surface area contributed by atoms with Gasteiger partial charge >= 0.3 is 0 Å². The Morgan fingerprint density at radius 1 is 1.20 bits per heavy atom. The van der Waals surface area contributed by atoms with Crippen molar-refractivity contribution >= 4 is 5.82 Å². The lowest BCUT2D eigenvalue weighted by molar-refractivity contribution is 0.0764. The number of anilines is 1. The Labute approximate surface area is 120 Å². The monoisotopic (exact) mass is 271 g/mol. The van der Waals surface area contributed by atoms with Gasteiger partial charge in [0, 0.05) is 31.0 Å². The van der Waals surface area contributed by atoms with Crippen molar-refractivity contribution in [3.8, 4) is 11.4 Å². The summed E-state index contributed by atoms with van der Waals surface area (Å²) in [5.74, 6) is 1.57. The minimum Gasteiger partial charge on any atom is -0.374 e. The van der Waals surface area contributed by atoms with Crippen molar-refractivity contribution in [2.75, 3.05) is 19.0 Å². The summed E-state index contributed by atoms with van der Waals surface area (Å²) in [6.07, 6.45) is 0.111. The molecule has 0 amide bonds. The normalized spacial score (nSPS) is 12.2. The maximum absolute atomic E-state index is 5.59. The highest BCUT2D eigenvalue weighted by atomic mass is 16.5. The van der Waals surface area contributed by atoms with Crippen molar-refractivity contribution in [1.29, 1.82) is 0 Å². The molecule has 1 atom stereocenters. The summed E-state index contributed by atoms with van der Waals surface area (Å²) in [5.41, 5.74) is 3.13. The number of aryl methyl sites for hydroxylation is 1. The summed E-state index contributed by atoms with van der Waals surface area (Å²) < 4.78 is 5.59. The Morgan fingerprint density at radius 3 is 2.50 bits per heavy atom. The molecule has 0 saturated heterocycles. The van der Waals surface area contributed by atoms with Crippen molar-refractivity contribution < 1.29 is 4.74 Å². The van der Waals surface area contributed by atoms with E-state index in [2.05, 4.69) is 34.3 Å². The maximum atomic E-state index is 5.59. The zero-order valence-corrected chi connectivity index (χ0v) is 12.5. The number of nitrogens with one attached hydrogen (secondary N) is 1. The first-order valence-corrected chi connectivity index (χ1v) is 6.89. The molecular formula is C16H21N3O. The molecule has 1 heterocycles. The van der Waals surface area contributed by atoms with Gasteiger partial charge in [-0.3, -0.25) is 0 Å². The first-order chi connectivity index (χ1) is 9.63. The number of aromatic nitrogens is 2. The minimum atomic E-state index is 0.111. The second-order valence-corrected chi connectivity index (χ2v) is 4.69. The zero-order chi connectivity index (χ0) is 14.5. The fourth-order valence-electron chi connectivity index (χ4n) is 2.08. The second-order valence-electron chi connectivity index (χ2n) is 4.69. The Morgan fingerprint density at radius 2 is 1.90 bits per heavy atom. The zero-order valence-electron chi connectivity index (χ0n) is 12.5. The van der Waals surface area contributed by atoms with Crippen LogP contribution in [-0.4, -0.2) is 23.6 Å². The lowest BCUT2D eigenvalue weighted by atomic mass is 10.1. The molecule has 1 aromatic heterocycles. The van der Waals surface area contributed by atoms with Gasteiger partial charge in [-0.1, -0.05) is 24.3 Å². The van der Waals surface area contributed by atoms with Crippen LogP contribution in [0.2, 0.25) is 0 Å². The predicted molar refractivity (Wildman–Crippen MR) is 81.8 cm³/mol. The average Bonchev–Trinajstić information content (AvgIpc) is 2.47. The summed E-state index contributed by atoms with van der Waals surface area (Å²) >= 11 is 0. The molecule has 0 saturated carbocycles. The van der Waals surface area contributed by atoms with Crippen LogP contribution in [-0.2, 0) is 4.74 Å². The average molecular weight is 271 g/mol. The minimum absolute atomic E-state index is 0.111. The van der Waals surface area contributed by atoms with Crippen LogP contribution in [0.3, 0.4) is 0 Å². The lowest BCUT2D eigenvalue weighted by Gasteiger charge is -2.12. The number of ether oxygens (including phenoxy) is 1. The molecule has 20 heavy (non-hydrogen) atoms. The van der Waals surface area contributed by atoms with Gasteiger partial charge in [0.15, 0.2) is 5.82 Å². The van der Waals surface area contributed by atoms with Crippen LogP contribution in [0.15, 0.2) is 30.3 Å². The Kier molecular flexibility index (Phi) is 4.69. The standard InChI is InChI=1S/C16H21N3O/c1-5-20-12(3)13-6-8-14(9-7-13)16-18-11(2)10-15(17-4)19-16/h6-10,12H,5H2,1-4H3,(H,17,18,19)/t12-/m0/s1. The van der Waals surface area contributed by atoms with Crippen molar-refractivity contribution in [2.24, 2.45) is 0 Å². The molecule has 0 aliphatic heterocycles. The molecule has 106 valence electrons. The quantitative estimate of drug-likeness (QED) is 0.902. The molecule has 0 radical (unpaired) electrons. The van der Waals surface area contributed by atoms with Gasteiger partial charge in [0.1, 0.15) is 5.82 Å². The molecule has 4 nitrogen and oxygen atoms in total. The van der Waals surface area contributed by atoms with Gasteiger partial charge in [0.05, 0.1) is 6.10 Å². The topological polar surface area (TPSA) is 47.0 Å². The van der Waals surface area contributed by atoms with Crippen LogP contribution in [0, 0.1) is 6.92 Å². The molecule has 0 fully saturated rings. The number of benzene rings is 1. The van der Waals surface area contributed by atoms with Crippen molar-refractivity contribution in [1.82, 2.24) is 9.97 Å². The van der Waals surface area contributed by atoms with Gasteiger partial charge in [-0.25, -0.2) is 9.97 Å². The van der Waals surface area contributed by atoms with Crippen molar-refractivity contribution in [2.45, 2.75) is 26.9 Å². The van der Waals surface area contributed by atoms with E-state index in [4.69, 9.17) is 4.74 Å². The first kappa shape index (κ1) is 14.5.